The van der Waals surface area contributed by atoms with E-state index in [2.05, 4.69) is 0 Å². The summed E-state index contributed by atoms with van der Waals surface area (Å²) in [5, 5.41) is 39.3. The monoisotopic (exact) mass is 1300 g/mol. The number of nitriles is 4. The van der Waals surface area contributed by atoms with E-state index in [1.165, 1.54) is 48.6 Å². The smallest absolute Gasteiger partial charge is 0.367 e. The van der Waals surface area contributed by atoms with E-state index < -0.39 is 70.0 Å². The first-order valence-electron chi connectivity index (χ1n) is 29.6. The van der Waals surface area contributed by atoms with E-state index in [1.807, 2.05) is 24.3 Å². The number of ketones is 4. The fraction of sp³-hybridized carbons (Fsp3) is 0.105. The number of nitrogens with zero attached hydrogens (tertiary/aromatic N) is 4. The van der Waals surface area contributed by atoms with Crippen LogP contribution in [0.3, 0.4) is 0 Å². The lowest BCUT2D eigenvalue weighted by Crippen LogP contribution is -2.51. The number of rotatable bonds is 14. The highest BCUT2D eigenvalue weighted by molar-refractivity contribution is 7.14. The maximum atomic E-state index is 15.4. The van der Waals surface area contributed by atoms with Crippen molar-refractivity contribution in [2.75, 3.05) is 0 Å². The summed E-state index contributed by atoms with van der Waals surface area (Å²) >= 11 is 1.99. The van der Waals surface area contributed by atoms with Gasteiger partial charge in [0.15, 0.2) is 23.1 Å². The van der Waals surface area contributed by atoms with Crippen LogP contribution in [0.1, 0.15) is 117 Å². The number of carbonyl (C=O) groups is 8. The normalized spacial score (nSPS) is 16.8. The van der Waals surface area contributed by atoms with Crippen LogP contribution >= 0.6 is 22.7 Å². The minimum atomic E-state index is -2.74. The number of hydrogen-bond donors (Lipinski definition) is 0. The van der Waals surface area contributed by atoms with E-state index in [4.69, 9.17) is 28.4 Å². The quantitative estimate of drug-likeness (QED) is 0.0321. The average molecular weight is 1300 g/mol. The SMILES string of the molecule is N#Cc1cc2c(cc1C#N)C(=O)C(=Cc1cc3c(s1)C1=CC4C=C5OC(C(=O)OCc6ccccc6)(C(=O)OCc6ccccc6)c6cc(C=C7C(=O)c8cc(C#N)c(C#N)cc8C7=O)sc6C5=CC4C=C1OC3(C(=O)OCc1ccccc1)C(=O)OCc1ccccc1)C2=O. The minimum absolute atomic E-state index is 0.00543. The van der Waals surface area contributed by atoms with E-state index in [0.717, 1.165) is 22.7 Å². The molecule has 0 fully saturated rings. The Labute approximate surface area is 553 Å². The highest BCUT2D eigenvalue weighted by atomic mass is 32.1. The van der Waals surface area contributed by atoms with Crippen LogP contribution in [-0.4, -0.2) is 47.0 Å². The first-order valence-corrected chi connectivity index (χ1v) is 31.3. The Kier molecular flexibility index (Phi) is 15.5. The maximum absolute atomic E-state index is 15.4. The minimum Gasteiger partial charge on any atom is -0.459 e. The van der Waals surface area contributed by atoms with E-state index in [0.29, 0.717) is 33.4 Å². The zero-order chi connectivity index (χ0) is 66.6. The molecular weight excluding hydrogens is 1260 g/mol. The average Bonchev–Trinajstić information content (AvgIpc) is 1.29. The molecule has 462 valence electrons. The number of fused-ring (bicyclic) bond motifs is 9. The molecule has 4 heterocycles. The molecule has 2 atom stereocenters. The second-order valence-corrected chi connectivity index (χ2v) is 24.9. The third-order valence-corrected chi connectivity index (χ3v) is 19.2. The molecule has 0 amide bonds. The van der Waals surface area contributed by atoms with Gasteiger partial charge in [0.25, 0.3) is 0 Å². The molecule has 0 spiro atoms. The molecule has 8 aromatic rings. The molecule has 2 aliphatic heterocycles. The number of carbonyl (C=O) groups excluding carboxylic acids is 8. The molecule has 4 aliphatic carbocycles. The summed E-state index contributed by atoms with van der Waals surface area (Å²) in [5.74, 6) is -9.20. The van der Waals surface area contributed by atoms with Gasteiger partial charge in [0, 0.05) is 75.9 Å². The van der Waals surface area contributed by atoms with Gasteiger partial charge in [-0.3, -0.25) is 19.2 Å². The second-order valence-electron chi connectivity index (χ2n) is 22.7. The van der Waals surface area contributed by atoms with Gasteiger partial charge in [-0.2, -0.15) is 21.0 Å². The van der Waals surface area contributed by atoms with Crippen molar-refractivity contribution in [3.63, 3.8) is 0 Å². The summed E-state index contributed by atoms with van der Waals surface area (Å²) in [6.07, 6.45) is 9.48. The molecule has 20 heteroatoms. The predicted molar refractivity (Wildman–Crippen MR) is 343 cm³/mol. The second kappa shape index (κ2) is 24.4. The summed E-state index contributed by atoms with van der Waals surface area (Å²) in [5.41, 5.74) is -4.24. The Hall–Kier alpha value is -12.7. The Morgan fingerprint density at radius 2 is 0.677 bits per heavy atom. The molecule has 2 unspecified atom stereocenters. The van der Waals surface area contributed by atoms with Crippen LogP contribution in [0.4, 0.5) is 0 Å². The highest BCUT2D eigenvalue weighted by Gasteiger charge is 2.62. The fourth-order valence-electron chi connectivity index (χ4n) is 12.2. The summed E-state index contributed by atoms with van der Waals surface area (Å²) in [4.78, 5) is 119. The van der Waals surface area contributed by atoms with Crippen molar-refractivity contribution in [1.82, 2.24) is 0 Å². The zero-order valence-corrected chi connectivity index (χ0v) is 51.4. The van der Waals surface area contributed by atoms with Crippen LogP contribution in [-0.2, 0) is 85.2 Å². The van der Waals surface area contributed by atoms with Crippen molar-refractivity contribution in [3.05, 3.63) is 302 Å². The van der Waals surface area contributed by atoms with Crippen LogP contribution in [0.2, 0.25) is 0 Å². The summed E-state index contributed by atoms with van der Waals surface area (Å²) in [7, 11) is 0. The van der Waals surface area contributed by atoms with Crippen molar-refractivity contribution in [1.29, 1.82) is 21.0 Å². The standard InChI is InChI=1S/C76H42N4O14S2/c77-33-47-23-53-54(24-48(47)34-78)66(82)59(65(53)81)29-51-31-61-69(95-51)57-21-46-28-64-58(22-45(46)27-63(57)93-75(61,71(85)89-37-41-13-5-1-6-14-41)72(86)90-38-42-15-7-2-8-16-42)70-62(32-52(96-70)30-60-67(83)55-25-49(35-79)50(36-80)26-56(55)68(60)84)76(94-64,73(87)91-39-43-17-9-3-10-18-43)74(88)92-40-44-19-11-4-12-20-44/h1-32,45-46H,37-40H2. The van der Waals surface area contributed by atoms with E-state index in [9.17, 15) is 40.2 Å². The Morgan fingerprint density at radius 1 is 0.406 bits per heavy atom. The third kappa shape index (κ3) is 10.3. The molecule has 0 radical (unpaired) electrons. The van der Waals surface area contributed by atoms with Gasteiger partial charge in [0.05, 0.1) is 33.4 Å². The van der Waals surface area contributed by atoms with Crippen molar-refractivity contribution < 1.29 is 66.8 Å². The molecule has 96 heavy (non-hydrogen) atoms. The number of thiophene rings is 2. The van der Waals surface area contributed by atoms with Crippen molar-refractivity contribution in [2.45, 2.75) is 37.6 Å². The van der Waals surface area contributed by atoms with Crippen molar-refractivity contribution in [3.8, 4) is 24.3 Å². The first-order chi connectivity index (χ1) is 46.6. The van der Waals surface area contributed by atoms with Gasteiger partial charge in [-0.05, 0) is 83.0 Å². The lowest BCUT2D eigenvalue weighted by Gasteiger charge is -2.41. The molecule has 0 N–H and O–H groups in total. The highest BCUT2D eigenvalue weighted by Crippen LogP contribution is 2.56. The van der Waals surface area contributed by atoms with Gasteiger partial charge in [-0.1, -0.05) is 133 Å². The van der Waals surface area contributed by atoms with Crippen LogP contribution < -0.4 is 0 Å². The first kappa shape index (κ1) is 60.8. The number of ether oxygens (including phenoxy) is 6. The van der Waals surface area contributed by atoms with Gasteiger partial charge in [-0.25, -0.2) is 19.2 Å². The van der Waals surface area contributed by atoms with E-state index in [-0.39, 0.29) is 124 Å². The zero-order valence-electron chi connectivity index (χ0n) is 49.8. The number of esters is 4. The van der Waals surface area contributed by atoms with Gasteiger partial charge in [0.1, 0.15) is 62.2 Å². The molecule has 2 aromatic heterocycles. The molecule has 6 aromatic carbocycles. The number of Topliss-reactive ketones (excluding diaryl/α,β-unsaturated/α-hetero) is 4. The number of benzene rings is 6. The fourth-order valence-corrected chi connectivity index (χ4v) is 14.6. The molecule has 0 saturated heterocycles. The predicted octanol–water partition coefficient (Wildman–Crippen LogP) is 12.1. The lowest BCUT2D eigenvalue weighted by atomic mass is 9.75. The van der Waals surface area contributed by atoms with Crippen LogP contribution in [0.5, 0.6) is 0 Å². The summed E-state index contributed by atoms with van der Waals surface area (Å²) in [6.45, 7) is -1.28. The lowest BCUT2D eigenvalue weighted by molar-refractivity contribution is -0.191. The van der Waals surface area contributed by atoms with Crippen LogP contribution in [0.25, 0.3) is 23.3 Å². The van der Waals surface area contributed by atoms with Gasteiger partial charge in [-0.15, -0.1) is 22.7 Å². The molecule has 6 aliphatic rings. The summed E-state index contributed by atoms with van der Waals surface area (Å²) < 4.78 is 37.9. The molecule has 14 rings (SSSR count). The van der Waals surface area contributed by atoms with Crippen LogP contribution in [0.15, 0.2) is 205 Å². The number of hydrogen-bond acceptors (Lipinski definition) is 20. The Balaban J connectivity index is 0.930. The van der Waals surface area contributed by atoms with E-state index in [1.54, 1.807) is 146 Å². The van der Waals surface area contributed by atoms with Gasteiger partial charge >= 0.3 is 35.1 Å². The van der Waals surface area contributed by atoms with Gasteiger partial charge < -0.3 is 28.4 Å². The molecule has 0 saturated carbocycles. The van der Waals surface area contributed by atoms with E-state index >= 15 is 19.2 Å². The summed E-state index contributed by atoms with van der Waals surface area (Å²) in [6, 6.07) is 50.0. The number of allylic oxidation sites excluding steroid dienone is 8. The van der Waals surface area contributed by atoms with Crippen molar-refractivity contribution in [2.24, 2.45) is 11.8 Å². The Morgan fingerprint density at radius 3 is 0.938 bits per heavy atom. The van der Waals surface area contributed by atoms with Gasteiger partial charge in [0.2, 0.25) is 0 Å². The topological polar surface area (TPSA) is 287 Å². The maximum Gasteiger partial charge on any atom is 0.367 e. The van der Waals surface area contributed by atoms with Crippen LogP contribution in [0, 0.1) is 57.2 Å². The van der Waals surface area contributed by atoms with Crippen molar-refractivity contribution >= 4 is 93.0 Å². The third-order valence-electron chi connectivity index (χ3n) is 17.0. The molecule has 18 nitrogen and oxygen atoms in total. The Bertz CT molecular complexity index is 4630. The molecular formula is C76H42N4O14S2. The molecule has 0 bridgehead atoms. The largest absolute Gasteiger partial charge is 0.459 e.